The van der Waals surface area contributed by atoms with Crippen molar-refractivity contribution in [2.45, 2.75) is 6.92 Å². The molecule has 3 aromatic carbocycles. The number of hydrazone groups is 1. The normalized spacial score (nSPS) is 11.1. The maximum absolute atomic E-state index is 13.2. The van der Waals surface area contributed by atoms with E-state index >= 15 is 0 Å². The molecule has 9 heteroatoms. The molecule has 190 valence electrons. The Morgan fingerprint density at radius 2 is 1.87 bits per heavy atom. The van der Waals surface area contributed by atoms with Crippen molar-refractivity contribution in [2.75, 3.05) is 6.61 Å². The van der Waals surface area contributed by atoms with Crippen molar-refractivity contribution in [1.82, 2.24) is 10.4 Å². The first-order valence-electron chi connectivity index (χ1n) is 11.8. The number of nitrogens with zero attached hydrogens (tertiary/aromatic N) is 1. The molecule has 0 aliphatic heterocycles. The molecule has 1 amide bonds. The molecule has 0 radical (unpaired) electrons. The number of ether oxygens (including phenoxy) is 2. The lowest BCUT2D eigenvalue weighted by Crippen LogP contribution is -2.18. The first-order valence-corrected chi connectivity index (χ1v) is 12.8. The highest BCUT2D eigenvalue weighted by molar-refractivity contribution is 14.1. The number of furan rings is 1. The van der Waals surface area contributed by atoms with Crippen molar-refractivity contribution in [3.63, 3.8) is 0 Å². The first kappa shape index (κ1) is 25.3. The van der Waals surface area contributed by atoms with Crippen LogP contribution in [0.1, 0.15) is 33.5 Å². The van der Waals surface area contributed by atoms with Crippen LogP contribution in [0.15, 0.2) is 94.6 Å². The van der Waals surface area contributed by atoms with Crippen molar-refractivity contribution in [1.29, 1.82) is 0 Å². The number of aromatic amines is 1. The minimum atomic E-state index is -0.633. The summed E-state index contributed by atoms with van der Waals surface area (Å²) >= 11 is 2.26. The number of benzene rings is 3. The van der Waals surface area contributed by atoms with Gasteiger partial charge in [0, 0.05) is 20.0 Å². The van der Waals surface area contributed by atoms with Crippen molar-refractivity contribution < 1.29 is 23.5 Å². The van der Waals surface area contributed by atoms with E-state index < -0.39 is 5.97 Å². The summed E-state index contributed by atoms with van der Waals surface area (Å²) in [6.07, 6.45) is 2.89. The van der Waals surface area contributed by atoms with Crippen LogP contribution in [0.5, 0.6) is 11.5 Å². The van der Waals surface area contributed by atoms with Crippen molar-refractivity contribution in [3.8, 4) is 22.6 Å². The fourth-order valence-electron chi connectivity index (χ4n) is 3.96. The number of amides is 1. The van der Waals surface area contributed by atoms with Gasteiger partial charge in [-0.1, -0.05) is 30.3 Å². The van der Waals surface area contributed by atoms with E-state index in [-0.39, 0.29) is 17.4 Å². The topological polar surface area (TPSA) is 106 Å². The molecule has 38 heavy (non-hydrogen) atoms. The lowest BCUT2D eigenvalue weighted by Gasteiger charge is -2.10. The molecule has 5 rings (SSSR count). The Kier molecular flexibility index (Phi) is 7.55. The van der Waals surface area contributed by atoms with E-state index in [0.29, 0.717) is 23.6 Å². The Morgan fingerprint density at radius 3 is 2.63 bits per heavy atom. The second-order valence-electron chi connectivity index (χ2n) is 8.14. The van der Waals surface area contributed by atoms with Gasteiger partial charge in [-0.2, -0.15) is 5.10 Å². The second kappa shape index (κ2) is 11.3. The molecule has 0 unspecified atom stereocenters. The smallest absolute Gasteiger partial charge is 0.379 e. The summed E-state index contributed by atoms with van der Waals surface area (Å²) in [5, 5.41) is 5.11. The van der Waals surface area contributed by atoms with Gasteiger partial charge in [0.15, 0.2) is 11.5 Å². The second-order valence-corrected chi connectivity index (χ2v) is 9.38. The maximum Gasteiger partial charge on any atom is 0.379 e. The van der Waals surface area contributed by atoms with Crippen LogP contribution in [-0.4, -0.2) is 29.7 Å². The van der Waals surface area contributed by atoms with E-state index in [2.05, 4.69) is 38.1 Å². The summed E-state index contributed by atoms with van der Waals surface area (Å²) in [4.78, 5) is 28.7. The van der Waals surface area contributed by atoms with Crippen LogP contribution in [-0.2, 0) is 0 Å². The molecule has 0 bridgehead atoms. The van der Waals surface area contributed by atoms with Crippen LogP contribution in [0.2, 0.25) is 0 Å². The van der Waals surface area contributed by atoms with E-state index in [1.54, 1.807) is 24.3 Å². The van der Waals surface area contributed by atoms with Crippen molar-refractivity contribution in [3.05, 3.63) is 106 Å². The van der Waals surface area contributed by atoms with E-state index in [1.807, 2.05) is 55.5 Å². The molecule has 0 saturated heterocycles. The van der Waals surface area contributed by atoms with Gasteiger partial charge in [-0.3, -0.25) is 4.79 Å². The van der Waals surface area contributed by atoms with Gasteiger partial charge in [-0.25, -0.2) is 10.2 Å². The third-order valence-corrected chi connectivity index (χ3v) is 6.29. The number of rotatable bonds is 8. The molecule has 2 N–H and O–H groups in total. The largest absolute Gasteiger partial charge is 0.490 e. The van der Waals surface area contributed by atoms with Crippen molar-refractivity contribution in [2.24, 2.45) is 5.10 Å². The number of fused-ring (bicyclic) bond motifs is 1. The Hall–Kier alpha value is -4.38. The average molecular weight is 619 g/mol. The van der Waals surface area contributed by atoms with Gasteiger partial charge in [-0.15, -0.1) is 0 Å². The van der Waals surface area contributed by atoms with Gasteiger partial charge in [0.1, 0.15) is 5.69 Å². The van der Waals surface area contributed by atoms with E-state index in [9.17, 15) is 9.59 Å². The molecule has 0 fully saturated rings. The van der Waals surface area contributed by atoms with Gasteiger partial charge in [-0.05, 0) is 89.2 Å². The fourth-order valence-corrected chi connectivity index (χ4v) is 4.45. The van der Waals surface area contributed by atoms with Gasteiger partial charge < -0.3 is 18.9 Å². The molecule has 0 saturated carbocycles. The van der Waals surface area contributed by atoms with Gasteiger partial charge >= 0.3 is 5.97 Å². The van der Waals surface area contributed by atoms with Crippen LogP contribution < -0.4 is 14.9 Å². The number of carbonyl (C=O) groups excluding carboxylic acids is 2. The summed E-state index contributed by atoms with van der Waals surface area (Å²) in [5.74, 6) is -0.316. The van der Waals surface area contributed by atoms with E-state index in [1.165, 1.54) is 18.5 Å². The Bertz CT molecular complexity index is 1630. The molecule has 5 aromatic rings. The summed E-state index contributed by atoms with van der Waals surface area (Å²) in [6.45, 7) is 2.19. The van der Waals surface area contributed by atoms with Crippen LogP contribution in [0.25, 0.3) is 22.0 Å². The summed E-state index contributed by atoms with van der Waals surface area (Å²) in [7, 11) is 0. The molecular weight excluding hydrogens is 597 g/mol. The molecule has 0 atom stereocenters. The monoisotopic (exact) mass is 619 g/mol. The number of H-pyrrole nitrogens is 1. The van der Waals surface area contributed by atoms with Crippen LogP contribution in [0.4, 0.5) is 0 Å². The number of halogens is 1. The predicted octanol–water partition coefficient (Wildman–Crippen LogP) is 6.41. The first-order chi connectivity index (χ1) is 18.5. The predicted molar refractivity (Wildman–Crippen MR) is 153 cm³/mol. The Labute approximate surface area is 231 Å². The minimum absolute atomic E-state index is 0.0855. The molecule has 0 aliphatic carbocycles. The van der Waals surface area contributed by atoms with Gasteiger partial charge in [0.05, 0.1) is 19.1 Å². The Balaban J connectivity index is 1.37. The quantitative estimate of drug-likeness (QED) is 0.0687. The third kappa shape index (κ3) is 5.47. The lowest BCUT2D eigenvalue weighted by molar-refractivity contribution is 0.0695. The number of esters is 1. The number of hydrogen-bond donors (Lipinski definition) is 2. The zero-order valence-corrected chi connectivity index (χ0v) is 22.4. The van der Waals surface area contributed by atoms with Crippen LogP contribution in [0.3, 0.4) is 0 Å². The SMILES string of the molecule is CCOc1cc(C=NNC(=O)c2[nH]c3ccc(I)cc3c2-c2ccccc2)ccc1OC(=O)c1ccco1. The summed E-state index contributed by atoms with van der Waals surface area (Å²) < 4.78 is 17.2. The zero-order valence-electron chi connectivity index (χ0n) is 20.2. The maximum atomic E-state index is 13.2. The van der Waals surface area contributed by atoms with Crippen LogP contribution >= 0.6 is 22.6 Å². The molecule has 8 nitrogen and oxygen atoms in total. The van der Waals surface area contributed by atoms with E-state index in [0.717, 1.165) is 25.6 Å². The molecule has 2 heterocycles. The fraction of sp³-hybridized carbons (Fsp3) is 0.0690. The summed E-state index contributed by atoms with van der Waals surface area (Å²) in [5.41, 5.74) is 6.27. The zero-order chi connectivity index (χ0) is 26.5. The highest BCUT2D eigenvalue weighted by Crippen LogP contribution is 2.33. The lowest BCUT2D eigenvalue weighted by atomic mass is 10.0. The number of hydrogen-bond acceptors (Lipinski definition) is 6. The van der Waals surface area contributed by atoms with Gasteiger partial charge in [0.25, 0.3) is 5.91 Å². The third-order valence-electron chi connectivity index (χ3n) is 5.62. The minimum Gasteiger partial charge on any atom is -0.490 e. The molecular formula is C29H22IN3O5. The number of aromatic nitrogens is 1. The van der Waals surface area contributed by atoms with Crippen molar-refractivity contribution >= 4 is 51.6 Å². The molecule has 2 aromatic heterocycles. The van der Waals surface area contributed by atoms with Gasteiger partial charge in [0.2, 0.25) is 5.76 Å². The molecule has 0 spiro atoms. The number of carbonyl (C=O) groups is 2. The highest BCUT2D eigenvalue weighted by Gasteiger charge is 2.19. The van der Waals surface area contributed by atoms with E-state index in [4.69, 9.17) is 13.9 Å². The number of nitrogens with one attached hydrogen (secondary N) is 2. The molecule has 0 aliphatic rings. The highest BCUT2D eigenvalue weighted by atomic mass is 127. The standard InChI is InChI=1S/C29H22IN3O5/c1-2-36-25-15-18(10-13-23(25)38-29(35)24-9-6-14-37-24)17-31-33-28(34)27-26(19-7-4-3-5-8-19)21-16-20(30)11-12-22(21)32-27/h3-17,32H,2H2,1H3,(H,33,34). The average Bonchev–Trinajstić information content (AvgIpc) is 3.59. The summed E-state index contributed by atoms with van der Waals surface area (Å²) in [6, 6.07) is 23.8. The Morgan fingerprint density at radius 1 is 1.03 bits per heavy atom. The van der Waals surface area contributed by atoms with Crippen LogP contribution in [0, 0.1) is 3.57 Å².